The Morgan fingerprint density at radius 2 is 2.11 bits per heavy atom. The number of pyridine rings is 1. The number of amides is 1. The molecule has 18 heavy (non-hydrogen) atoms. The predicted octanol–water partition coefficient (Wildman–Crippen LogP) is 1.80. The normalized spacial score (nSPS) is 11.1. The van der Waals surface area contributed by atoms with Gasteiger partial charge in [0.15, 0.2) is 0 Å². The molecule has 98 valence electrons. The lowest BCUT2D eigenvalue weighted by atomic mass is 9.92. The van der Waals surface area contributed by atoms with E-state index in [0.29, 0.717) is 12.8 Å². The number of nitrogens with one attached hydrogen (secondary N) is 1. The Hall–Kier alpha value is -1.56. The van der Waals surface area contributed by atoms with E-state index in [1.165, 1.54) is 6.20 Å². The van der Waals surface area contributed by atoms with Crippen LogP contribution < -0.4 is 11.1 Å². The van der Waals surface area contributed by atoms with Gasteiger partial charge in [-0.15, -0.1) is 0 Å². The number of aromatic nitrogens is 1. The first kappa shape index (κ1) is 14.5. The summed E-state index contributed by atoms with van der Waals surface area (Å²) in [6, 6.07) is 1.12. The number of hydrogen-bond donors (Lipinski definition) is 2. The molecule has 0 aliphatic carbocycles. The van der Waals surface area contributed by atoms with Gasteiger partial charge >= 0.3 is 0 Å². The van der Waals surface area contributed by atoms with E-state index in [0.717, 1.165) is 12.3 Å². The summed E-state index contributed by atoms with van der Waals surface area (Å²) >= 11 is 4.99. The van der Waals surface area contributed by atoms with Gasteiger partial charge in [-0.2, -0.15) is 0 Å². The van der Waals surface area contributed by atoms with Crippen LogP contribution in [0.3, 0.4) is 0 Å². The average Bonchev–Trinajstić information content (AvgIpc) is 2.35. The van der Waals surface area contributed by atoms with Crippen LogP contribution in [0.1, 0.15) is 37.0 Å². The van der Waals surface area contributed by atoms with Gasteiger partial charge in [-0.3, -0.25) is 9.78 Å². The van der Waals surface area contributed by atoms with E-state index in [1.54, 1.807) is 0 Å². The number of nitrogens with zero attached hydrogens (tertiary/aromatic N) is 1. The molecule has 0 aliphatic heterocycles. The highest BCUT2D eigenvalue weighted by Crippen LogP contribution is 2.16. The van der Waals surface area contributed by atoms with Crippen molar-refractivity contribution in [1.82, 2.24) is 10.3 Å². The highest BCUT2D eigenvalue weighted by atomic mass is 32.1. The largest absolute Gasteiger partial charge is 0.391 e. The minimum Gasteiger partial charge on any atom is -0.391 e. The Kier molecular flexibility index (Phi) is 4.72. The molecule has 0 aliphatic rings. The number of thiocarbonyl (C=S) groups is 1. The summed E-state index contributed by atoms with van der Waals surface area (Å²) in [7, 11) is 0. The molecule has 0 fully saturated rings. The quantitative estimate of drug-likeness (QED) is 0.800. The van der Waals surface area contributed by atoms with E-state index in [-0.39, 0.29) is 10.6 Å². The molecule has 0 unspecified atom stereocenters. The molecule has 0 saturated carbocycles. The van der Waals surface area contributed by atoms with E-state index in [2.05, 4.69) is 10.3 Å². The molecule has 1 heterocycles. The van der Waals surface area contributed by atoms with Crippen LogP contribution in [0.2, 0.25) is 0 Å². The van der Waals surface area contributed by atoms with Crippen LogP contribution in [0.5, 0.6) is 0 Å². The zero-order valence-corrected chi connectivity index (χ0v) is 11.2. The maximum atomic E-state index is 13.0. The van der Waals surface area contributed by atoms with E-state index in [1.807, 2.05) is 13.8 Å². The second-order valence-corrected chi connectivity index (χ2v) is 4.44. The SMILES string of the molecule is CCC(CC)(NC(=O)c1cncc(F)c1)C(N)=S. The fraction of sp³-hybridized carbons (Fsp3) is 0.417. The second-order valence-electron chi connectivity index (χ2n) is 4.00. The van der Waals surface area contributed by atoms with E-state index < -0.39 is 17.3 Å². The third-order valence-corrected chi connectivity index (χ3v) is 3.39. The molecular formula is C12H16FN3OS. The first-order chi connectivity index (χ1) is 8.45. The zero-order chi connectivity index (χ0) is 13.8. The lowest BCUT2D eigenvalue weighted by Gasteiger charge is -2.31. The lowest BCUT2D eigenvalue weighted by molar-refractivity contribution is 0.0919. The Bertz CT molecular complexity index is 460. The third-order valence-electron chi connectivity index (χ3n) is 3.00. The number of nitrogens with two attached hydrogens (primary N) is 1. The molecule has 4 nitrogen and oxygen atoms in total. The summed E-state index contributed by atoms with van der Waals surface area (Å²) in [5.41, 5.74) is 5.09. The van der Waals surface area contributed by atoms with Crippen molar-refractivity contribution in [3.05, 3.63) is 29.8 Å². The summed E-state index contributed by atoms with van der Waals surface area (Å²) < 4.78 is 13.0. The minimum absolute atomic E-state index is 0.150. The highest BCUT2D eigenvalue weighted by Gasteiger charge is 2.31. The topological polar surface area (TPSA) is 68.0 Å². The first-order valence-electron chi connectivity index (χ1n) is 5.68. The van der Waals surface area contributed by atoms with Gasteiger partial charge in [-0.1, -0.05) is 26.1 Å². The highest BCUT2D eigenvalue weighted by molar-refractivity contribution is 7.80. The summed E-state index contributed by atoms with van der Waals surface area (Å²) in [6.45, 7) is 3.76. The van der Waals surface area contributed by atoms with Crippen LogP contribution in [-0.4, -0.2) is 21.4 Å². The standard InChI is InChI=1S/C12H16FN3OS/c1-3-12(4-2,11(14)18)16-10(17)8-5-9(13)7-15-6-8/h5-7H,3-4H2,1-2H3,(H2,14,18)(H,16,17). The number of hydrogen-bond acceptors (Lipinski definition) is 3. The summed E-state index contributed by atoms with van der Waals surface area (Å²) in [4.78, 5) is 15.9. The van der Waals surface area contributed by atoms with Crippen LogP contribution in [0.25, 0.3) is 0 Å². The molecule has 1 aromatic heterocycles. The smallest absolute Gasteiger partial charge is 0.253 e. The Balaban J connectivity index is 2.95. The Morgan fingerprint density at radius 3 is 2.56 bits per heavy atom. The summed E-state index contributed by atoms with van der Waals surface area (Å²) in [5, 5.41) is 2.76. The monoisotopic (exact) mass is 269 g/mol. The van der Waals surface area contributed by atoms with Crippen molar-refractivity contribution >= 4 is 23.1 Å². The first-order valence-corrected chi connectivity index (χ1v) is 6.09. The van der Waals surface area contributed by atoms with E-state index in [9.17, 15) is 9.18 Å². The van der Waals surface area contributed by atoms with Gasteiger partial charge in [0.25, 0.3) is 5.91 Å². The van der Waals surface area contributed by atoms with Gasteiger partial charge < -0.3 is 11.1 Å². The van der Waals surface area contributed by atoms with Crippen molar-refractivity contribution in [1.29, 1.82) is 0 Å². The van der Waals surface area contributed by atoms with E-state index >= 15 is 0 Å². The number of rotatable bonds is 5. The molecule has 1 amide bonds. The molecule has 0 aromatic carbocycles. The van der Waals surface area contributed by atoms with E-state index in [4.69, 9.17) is 18.0 Å². The van der Waals surface area contributed by atoms with Crippen molar-refractivity contribution in [3.8, 4) is 0 Å². The molecular weight excluding hydrogens is 253 g/mol. The Morgan fingerprint density at radius 1 is 1.50 bits per heavy atom. The lowest BCUT2D eigenvalue weighted by Crippen LogP contribution is -2.56. The van der Waals surface area contributed by atoms with Gasteiger partial charge in [0.1, 0.15) is 5.82 Å². The van der Waals surface area contributed by atoms with Crippen LogP contribution in [0, 0.1) is 5.82 Å². The number of carbonyl (C=O) groups excluding carboxylic acids is 1. The van der Waals surface area contributed by atoms with Crippen molar-refractivity contribution in [2.75, 3.05) is 0 Å². The van der Waals surface area contributed by atoms with Gasteiger partial charge in [0.2, 0.25) is 0 Å². The Labute approximate surface area is 111 Å². The molecule has 0 atom stereocenters. The van der Waals surface area contributed by atoms with Crippen LogP contribution in [-0.2, 0) is 0 Å². The molecule has 1 aromatic rings. The summed E-state index contributed by atoms with van der Waals surface area (Å²) in [6.07, 6.45) is 3.49. The average molecular weight is 269 g/mol. The molecule has 0 radical (unpaired) electrons. The molecule has 3 N–H and O–H groups in total. The van der Waals surface area contributed by atoms with Crippen molar-refractivity contribution in [2.45, 2.75) is 32.2 Å². The zero-order valence-electron chi connectivity index (χ0n) is 10.4. The van der Waals surface area contributed by atoms with Crippen LogP contribution in [0.4, 0.5) is 4.39 Å². The molecule has 6 heteroatoms. The fourth-order valence-electron chi connectivity index (χ4n) is 1.66. The van der Waals surface area contributed by atoms with Gasteiger partial charge in [0, 0.05) is 6.20 Å². The summed E-state index contributed by atoms with van der Waals surface area (Å²) in [5.74, 6) is -0.991. The maximum absolute atomic E-state index is 13.0. The van der Waals surface area contributed by atoms with Crippen LogP contribution in [0.15, 0.2) is 18.5 Å². The van der Waals surface area contributed by atoms with Gasteiger partial charge in [0.05, 0.1) is 22.3 Å². The van der Waals surface area contributed by atoms with Crippen molar-refractivity contribution < 1.29 is 9.18 Å². The molecule has 0 saturated heterocycles. The minimum atomic E-state index is -0.737. The van der Waals surface area contributed by atoms with Gasteiger partial charge in [-0.05, 0) is 18.9 Å². The predicted molar refractivity (Wildman–Crippen MR) is 71.8 cm³/mol. The number of carbonyl (C=O) groups is 1. The van der Waals surface area contributed by atoms with Crippen molar-refractivity contribution in [3.63, 3.8) is 0 Å². The molecule has 1 rings (SSSR count). The van der Waals surface area contributed by atoms with Crippen molar-refractivity contribution in [2.24, 2.45) is 5.73 Å². The second kappa shape index (κ2) is 5.86. The fourth-order valence-corrected chi connectivity index (χ4v) is 2.00. The maximum Gasteiger partial charge on any atom is 0.253 e. The number of halogens is 1. The molecule has 0 bridgehead atoms. The third kappa shape index (κ3) is 3.01. The molecule has 0 spiro atoms. The van der Waals surface area contributed by atoms with Crippen LogP contribution >= 0.6 is 12.2 Å². The van der Waals surface area contributed by atoms with Gasteiger partial charge in [-0.25, -0.2) is 4.39 Å².